The van der Waals surface area contributed by atoms with Gasteiger partial charge in [0, 0.05) is 38.3 Å². The summed E-state index contributed by atoms with van der Waals surface area (Å²) in [6, 6.07) is 8.48. The SMILES string of the molecule is CCOC(=O)N1CCC(NC(=O)CCCNC(=O)c2ccc(-c3ccccn3)[nH]c2=O)CC1. The van der Waals surface area contributed by atoms with E-state index in [0.717, 1.165) is 0 Å². The lowest BCUT2D eigenvalue weighted by Gasteiger charge is -2.31. The molecule has 2 aromatic rings. The van der Waals surface area contributed by atoms with Crippen molar-refractivity contribution in [3.63, 3.8) is 0 Å². The monoisotopic (exact) mass is 455 g/mol. The lowest BCUT2D eigenvalue weighted by atomic mass is 10.1. The molecule has 3 heterocycles. The van der Waals surface area contributed by atoms with Gasteiger partial charge in [-0.1, -0.05) is 6.07 Å². The maximum absolute atomic E-state index is 12.3. The van der Waals surface area contributed by atoms with Crippen molar-refractivity contribution in [2.45, 2.75) is 38.6 Å². The van der Waals surface area contributed by atoms with Crippen molar-refractivity contribution >= 4 is 17.9 Å². The van der Waals surface area contributed by atoms with Crippen LogP contribution in [0.3, 0.4) is 0 Å². The molecule has 3 rings (SSSR count). The summed E-state index contributed by atoms with van der Waals surface area (Å²) in [6.07, 6.45) is 3.37. The van der Waals surface area contributed by atoms with Gasteiger partial charge < -0.3 is 25.3 Å². The molecule has 0 aromatic carbocycles. The fourth-order valence-corrected chi connectivity index (χ4v) is 3.59. The Morgan fingerprint density at radius 3 is 2.64 bits per heavy atom. The van der Waals surface area contributed by atoms with Crippen LogP contribution in [-0.2, 0) is 9.53 Å². The molecule has 0 radical (unpaired) electrons. The number of nitrogens with zero attached hydrogens (tertiary/aromatic N) is 2. The van der Waals surface area contributed by atoms with Crippen LogP contribution in [0, 0.1) is 0 Å². The maximum Gasteiger partial charge on any atom is 0.409 e. The smallest absolute Gasteiger partial charge is 0.409 e. The van der Waals surface area contributed by atoms with Gasteiger partial charge in [0.05, 0.1) is 18.0 Å². The van der Waals surface area contributed by atoms with Gasteiger partial charge in [-0.25, -0.2) is 4.79 Å². The van der Waals surface area contributed by atoms with Gasteiger partial charge in [0.25, 0.3) is 11.5 Å². The van der Waals surface area contributed by atoms with Crippen LogP contribution in [0.5, 0.6) is 0 Å². The van der Waals surface area contributed by atoms with Crippen LogP contribution < -0.4 is 16.2 Å². The molecule has 1 saturated heterocycles. The minimum atomic E-state index is -0.498. The van der Waals surface area contributed by atoms with E-state index in [9.17, 15) is 19.2 Å². The number of likely N-dealkylation sites (tertiary alicyclic amines) is 1. The van der Waals surface area contributed by atoms with E-state index >= 15 is 0 Å². The van der Waals surface area contributed by atoms with Crippen LogP contribution in [0.1, 0.15) is 43.0 Å². The molecule has 1 fully saturated rings. The molecule has 33 heavy (non-hydrogen) atoms. The highest BCUT2D eigenvalue weighted by Crippen LogP contribution is 2.13. The van der Waals surface area contributed by atoms with Crippen molar-refractivity contribution in [1.29, 1.82) is 0 Å². The Morgan fingerprint density at radius 1 is 1.18 bits per heavy atom. The topological polar surface area (TPSA) is 133 Å². The highest BCUT2D eigenvalue weighted by Gasteiger charge is 2.24. The van der Waals surface area contributed by atoms with E-state index in [1.54, 1.807) is 36.2 Å². The summed E-state index contributed by atoms with van der Waals surface area (Å²) in [5.74, 6) is -0.591. The van der Waals surface area contributed by atoms with Crippen molar-refractivity contribution < 1.29 is 19.1 Å². The van der Waals surface area contributed by atoms with Gasteiger partial charge >= 0.3 is 6.09 Å². The number of H-pyrrole nitrogens is 1. The van der Waals surface area contributed by atoms with Crippen LogP contribution in [0.15, 0.2) is 41.3 Å². The van der Waals surface area contributed by atoms with Gasteiger partial charge in [-0.2, -0.15) is 0 Å². The second kappa shape index (κ2) is 11.8. The molecule has 1 aliphatic rings. The highest BCUT2D eigenvalue weighted by molar-refractivity contribution is 5.94. The molecule has 2 aromatic heterocycles. The van der Waals surface area contributed by atoms with Gasteiger partial charge in [0.1, 0.15) is 5.56 Å². The number of amides is 3. The molecule has 0 bridgehead atoms. The molecule has 3 N–H and O–H groups in total. The Kier molecular flexibility index (Phi) is 8.56. The van der Waals surface area contributed by atoms with Crippen LogP contribution in [0.25, 0.3) is 11.4 Å². The molecule has 0 atom stereocenters. The van der Waals surface area contributed by atoms with E-state index < -0.39 is 11.5 Å². The summed E-state index contributed by atoms with van der Waals surface area (Å²) < 4.78 is 4.99. The van der Waals surface area contributed by atoms with Crippen molar-refractivity contribution in [3.05, 3.63) is 52.4 Å². The molecule has 0 spiro atoms. The molecule has 10 heteroatoms. The minimum Gasteiger partial charge on any atom is -0.450 e. The van der Waals surface area contributed by atoms with Crippen LogP contribution in [0.4, 0.5) is 4.79 Å². The first kappa shape index (κ1) is 24.0. The van der Waals surface area contributed by atoms with Crippen molar-refractivity contribution in [3.8, 4) is 11.4 Å². The van der Waals surface area contributed by atoms with Crippen LogP contribution in [-0.4, -0.2) is 65.1 Å². The summed E-state index contributed by atoms with van der Waals surface area (Å²) >= 11 is 0. The maximum atomic E-state index is 12.3. The zero-order chi connectivity index (χ0) is 23.6. The summed E-state index contributed by atoms with van der Waals surface area (Å²) in [6.45, 7) is 3.48. The first-order valence-corrected chi connectivity index (χ1v) is 11.1. The van der Waals surface area contributed by atoms with Crippen LogP contribution in [0.2, 0.25) is 0 Å². The molecule has 10 nitrogen and oxygen atoms in total. The first-order valence-electron chi connectivity index (χ1n) is 11.1. The Hall–Kier alpha value is -3.69. The number of rotatable bonds is 8. The van der Waals surface area contributed by atoms with E-state index in [1.165, 1.54) is 6.07 Å². The van der Waals surface area contributed by atoms with Gasteiger partial charge in [-0.05, 0) is 50.5 Å². The predicted octanol–water partition coefficient (Wildman–Crippen LogP) is 1.68. The Morgan fingerprint density at radius 2 is 1.97 bits per heavy atom. The van der Waals surface area contributed by atoms with Crippen LogP contribution >= 0.6 is 0 Å². The number of carbonyl (C=O) groups is 3. The zero-order valence-electron chi connectivity index (χ0n) is 18.6. The van der Waals surface area contributed by atoms with E-state index in [-0.39, 0.29) is 36.6 Å². The highest BCUT2D eigenvalue weighted by atomic mass is 16.6. The lowest BCUT2D eigenvalue weighted by molar-refractivity contribution is -0.122. The van der Waals surface area contributed by atoms with Crippen molar-refractivity contribution in [1.82, 2.24) is 25.5 Å². The number of aromatic amines is 1. The van der Waals surface area contributed by atoms with Gasteiger partial charge in [-0.15, -0.1) is 0 Å². The summed E-state index contributed by atoms with van der Waals surface area (Å²) in [7, 11) is 0. The number of carbonyl (C=O) groups excluding carboxylic acids is 3. The minimum absolute atomic E-state index is 0.00694. The molecule has 3 amide bonds. The molecule has 0 unspecified atom stereocenters. The number of hydrogen-bond acceptors (Lipinski definition) is 6. The number of piperidine rings is 1. The number of aromatic nitrogens is 2. The normalized spacial score (nSPS) is 13.9. The fraction of sp³-hybridized carbons (Fsp3) is 0.435. The molecule has 176 valence electrons. The Balaban J connectivity index is 1.37. The fourth-order valence-electron chi connectivity index (χ4n) is 3.59. The summed E-state index contributed by atoms with van der Waals surface area (Å²) in [4.78, 5) is 57.0. The number of hydrogen-bond donors (Lipinski definition) is 3. The zero-order valence-corrected chi connectivity index (χ0v) is 18.6. The largest absolute Gasteiger partial charge is 0.450 e. The third-order valence-corrected chi connectivity index (χ3v) is 5.35. The molecule has 0 aliphatic carbocycles. The third-order valence-electron chi connectivity index (χ3n) is 5.35. The predicted molar refractivity (Wildman–Crippen MR) is 122 cm³/mol. The van der Waals surface area contributed by atoms with E-state index in [2.05, 4.69) is 20.6 Å². The first-order chi connectivity index (χ1) is 16.0. The van der Waals surface area contributed by atoms with E-state index in [4.69, 9.17) is 4.74 Å². The number of ether oxygens (including phenoxy) is 1. The average Bonchev–Trinajstić information content (AvgIpc) is 2.83. The van der Waals surface area contributed by atoms with Crippen molar-refractivity contribution in [2.24, 2.45) is 0 Å². The molecular weight excluding hydrogens is 426 g/mol. The summed E-state index contributed by atoms with van der Waals surface area (Å²) in [5, 5.41) is 5.65. The Bertz CT molecular complexity index is 1020. The summed E-state index contributed by atoms with van der Waals surface area (Å²) in [5.41, 5.74) is 0.649. The van der Waals surface area contributed by atoms with Crippen molar-refractivity contribution in [2.75, 3.05) is 26.2 Å². The van der Waals surface area contributed by atoms with Gasteiger partial charge in [0.15, 0.2) is 0 Å². The van der Waals surface area contributed by atoms with E-state index in [0.29, 0.717) is 50.3 Å². The molecule has 0 saturated carbocycles. The van der Waals surface area contributed by atoms with E-state index in [1.807, 2.05) is 6.07 Å². The number of nitrogens with one attached hydrogen (secondary N) is 3. The molecule has 1 aliphatic heterocycles. The quantitative estimate of drug-likeness (QED) is 0.519. The lowest BCUT2D eigenvalue weighted by Crippen LogP contribution is -2.46. The number of pyridine rings is 2. The second-order valence-corrected chi connectivity index (χ2v) is 7.72. The average molecular weight is 456 g/mol. The standard InChI is InChI=1S/C23H29N5O5/c1-2-33-23(32)28-14-10-16(11-15-28)26-20(29)7-5-13-25-21(30)17-8-9-19(27-22(17)31)18-6-3-4-12-24-18/h3-4,6,8-9,12,16H,2,5,7,10-11,13-15H2,1H3,(H,25,30)(H,26,29)(H,27,31). The third kappa shape index (κ3) is 6.90. The second-order valence-electron chi connectivity index (χ2n) is 7.72. The molecular formula is C23H29N5O5. The Labute approximate surface area is 191 Å². The van der Waals surface area contributed by atoms with Gasteiger partial charge in [-0.3, -0.25) is 19.4 Å². The van der Waals surface area contributed by atoms with Gasteiger partial charge in [0.2, 0.25) is 5.91 Å².